The summed E-state index contributed by atoms with van der Waals surface area (Å²) in [5, 5.41) is 43.9. The molecule has 6 fully saturated rings. The third-order valence-electron chi connectivity index (χ3n) is 17.5. The molecule has 4 N–H and O–H groups in total. The number of aliphatic hydroxyl groups is 3. The van der Waals surface area contributed by atoms with Crippen LogP contribution in [0.25, 0.3) is 0 Å². The summed E-state index contributed by atoms with van der Waals surface area (Å²) in [5.74, 6) is -4.24. The fourth-order valence-electron chi connectivity index (χ4n) is 13.0. The molecule has 0 saturated carbocycles. The van der Waals surface area contributed by atoms with E-state index in [4.69, 9.17) is 37.9 Å². The topological polar surface area (TPSA) is 189 Å². The highest BCUT2D eigenvalue weighted by molar-refractivity contribution is 5.76. The first kappa shape index (κ1) is 58.4. The Morgan fingerprint density at radius 1 is 0.877 bits per heavy atom. The van der Waals surface area contributed by atoms with Crippen molar-refractivity contribution in [1.29, 1.82) is 0 Å². The quantitative estimate of drug-likeness (QED) is 0.0406. The van der Waals surface area contributed by atoms with Crippen LogP contribution in [0, 0.1) is 17.8 Å². The molecule has 3 spiro atoms. The number of esters is 1. The summed E-state index contributed by atoms with van der Waals surface area (Å²) in [6, 6.07) is 0. The number of hydrogen-bond acceptors (Lipinski definition) is 13. The lowest BCUT2D eigenvalue weighted by Crippen LogP contribution is -2.60. The van der Waals surface area contributed by atoms with E-state index >= 15 is 0 Å². The van der Waals surface area contributed by atoms with Gasteiger partial charge in [-0.25, -0.2) is 4.79 Å². The second kappa shape index (κ2) is 26.4. The first-order chi connectivity index (χ1) is 34.9. The fraction of sp³-hybridized carbons (Fsp3) is 0.864. The van der Waals surface area contributed by atoms with Gasteiger partial charge >= 0.3 is 11.9 Å². The van der Waals surface area contributed by atoms with Crippen LogP contribution in [0.1, 0.15) is 215 Å². The molecule has 0 aromatic rings. The lowest BCUT2D eigenvalue weighted by Gasteiger charge is -2.50. The number of fused-ring (bicyclic) bond motifs is 1. The monoisotopic (exact) mass is 1030 g/mol. The molecule has 0 unspecified atom stereocenters. The molecule has 416 valence electrons. The Morgan fingerprint density at radius 3 is 2.25 bits per heavy atom. The summed E-state index contributed by atoms with van der Waals surface area (Å²) in [7, 11) is 0. The summed E-state index contributed by atoms with van der Waals surface area (Å²) in [5.41, 5.74) is -0.593. The van der Waals surface area contributed by atoms with Crippen LogP contribution in [0.3, 0.4) is 0 Å². The predicted molar refractivity (Wildman–Crippen MR) is 277 cm³/mol. The second-order valence-electron chi connectivity index (χ2n) is 24.0. The van der Waals surface area contributed by atoms with E-state index in [0.717, 1.165) is 63.5 Å². The van der Waals surface area contributed by atoms with Crippen molar-refractivity contribution in [2.45, 2.75) is 299 Å². The average molecular weight is 1030 g/mol. The molecule has 73 heavy (non-hydrogen) atoms. The number of aliphatic hydroxyl groups excluding tert-OH is 2. The molecular formula is C59H96O14. The fourth-order valence-corrected chi connectivity index (χ4v) is 13.0. The molecule has 0 bridgehead atoms. The van der Waals surface area contributed by atoms with E-state index in [-0.39, 0.29) is 42.5 Å². The number of aliphatic carboxylic acids is 1. The van der Waals surface area contributed by atoms with Gasteiger partial charge in [0.15, 0.2) is 23.3 Å². The number of ether oxygens (including phenoxy) is 8. The van der Waals surface area contributed by atoms with E-state index in [1.807, 2.05) is 13.0 Å². The maximum Gasteiger partial charge on any atom is 0.335 e. The molecule has 14 nitrogen and oxygen atoms in total. The molecule has 0 radical (unpaired) electrons. The lowest BCUT2D eigenvalue weighted by molar-refractivity contribution is -0.322. The number of carbonyl (C=O) groups excluding carboxylic acids is 1. The van der Waals surface area contributed by atoms with Crippen LogP contribution >= 0.6 is 0 Å². The highest BCUT2D eigenvalue weighted by Crippen LogP contribution is 2.48. The maximum atomic E-state index is 13.4. The largest absolute Gasteiger partial charge is 0.479 e. The van der Waals surface area contributed by atoms with Gasteiger partial charge in [-0.1, -0.05) is 123 Å². The minimum absolute atomic E-state index is 0.0399. The average Bonchev–Trinajstić information content (AvgIpc) is 3.75. The zero-order chi connectivity index (χ0) is 52.4. The standard InChI is InChI=1S/C59H96O14/c1-8-9-10-11-12-13-14-15-16-17-18-19-22-50(61)68-49-26-25-45(38-56(7,65)55(63)64)70-59(49)37-39(2)35-48(71-59)40(3)23-24-44-28-32-58(69-44)33-29-47-54(73-58)51(62)43(6)53(67-47)46(60)36-42(5)52-41(4)27-31-57(72-52)30-20-21-34-66-57/h23-24,37,40-42,44-49,51-54,60,62,65H,6,8-22,25-36,38H2,1-5,7H3,(H,63,64)/t40-,41-,42+,44+,45+,46+,47-,48+,49-,51-,52+,53+,54-,56-,57+,58-,59-/m1/s1. The molecule has 17 atom stereocenters. The van der Waals surface area contributed by atoms with Crippen molar-refractivity contribution in [1.82, 2.24) is 0 Å². The van der Waals surface area contributed by atoms with Crippen LogP contribution in [-0.4, -0.2) is 123 Å². The van der Waals surface area contributed by atoms with Crippen molar-refractivity contribution in [3.63, 3.8) is 0 Å². The van der Waals surface area contributed by atoms with Gasteiger partial charge in [-0.2, -0.15) is 0 Å². The first-order valence-corrected chi connectivity index (χ1v) is 29.1. The van der Waals surface area contributed by atoms with Crippen molar-refractivity contribution in [3.8, 4) is 0 Å². The normalized spacial score (nSPS) is 38.0. The Kier molecular flexibility index (Phi) is 21.1. The van der Waals surface area contributed by atoms with Gasteiger partial charge in [0.05, 0.1) is 43.2 Å². The molecule has 0 amide bonds. The van der Waals surface area contributed by atoms with Gasteiger partial charge in [0.1, 0.15) is 18.3 Å². The van der Waals surface area contributed by atoms with Crippen molar-refractivity contribution >= 4 is 11.9 Å². The van der Waals surface area contributed by atoms with E-state index in [1.165, 1.54) is 64.7 Å². The number of carbonyl (C=O) groups is 2. The highest BCUT2D eigenvalue weighted by Gasteiger charge is 2.55. The van der Waals surface area contributed by atoms with E-state index in [2.05, 4.69) is 46.4 Å². The van der Waals surface area contributed by atoms with E-state index < -0.39 is 71.7 Å². The first-order valence-electron chi connectivity index (χ1n) is 29.1. The van der Waals surface area contributed by atoms with Crippen molar-refractivity contribution in [2.75, 3.05) is 6.61 Å². The molecule has 14 heteroatoms. The van der Waals surface area contributed by atoms with Crippen LogP contribution < -0.4 is 0 Å². The van der Waals surface area contributed by atoms with Gasteiger partial charge in [-0.05, 0) is 102 Å². The van der Waals surface area contributed by atoms with Crippen LogP contribution in [0.15, 0.2) is 36.0 Å². The van der Waals surface area contributed by atoms with Crippen molar-refractivity contribution < 1.29 is 67.9 Å². The Labute approximate surface area is 437 Å². The minimum atomic E-state index is -2.01. The van der Waals surface area contributed by atoms with E-state index in [1.54, 1.807) is 0 Å². The van der Waals surface area contributed by atoms with Crippen molar-refractivity contribution in [2.24, 2.45) is 17.8 Å². The third-order valence-corrected chi connectivity index (χ3v) is 17.5. The van der Waals surface area contributed by atoms with Crippen molar-refractivity contribution in [3.05, 3.63) is 36.0 Å². The van der Waals surface area contributed by atoms with Crippen LogP contribution in [0.4, 0.5) is 0 Å². The summed E-state index contributed by atoms with van der Waals surface area (Å²) in [6.45, 7) is 16.9. The van der Waals surface area contributed by atoms with Gasteiger partial charge in [-0.3, -0.25) is 4.79 Å². The summed E-state index contributed by atoms with van der Waals surface area (Å²) < 4.78 is 52.5. The number of unbranched alkanes of at least 4 members (excludes halogenated alkanes) is 11. The van der Waals surface area contributed by atoms with Crippen LogP contribution in [0.2, 0.25) is 0 Å². The Balaban J connectivity index is 0.905. The van der Waals surface area contributed by atoms with Gasteiger partial charge in [0.25, 0.3) is 0 Å². The molecule has 7 rings (SSSR count). The Morgan fingerprint density at radius 2 is 1.56 bits per heavy atom. The lowest BCUT2D eigenvalue weighted by atomic mass is 9.79. The van der Waals surface area contributed by atoms with E-state index in [0.29, 0.717) is 69.3 Å². The van der Waals surface area contributed by atoms with Gasteiger partial charge in [0.2, 0.25) is 5.79 Å². The maximum absolute atomic E-state index is 13.4. The molecule has 6 saturated heterocycles. The minimum Gasteiger partial charge on any atom is -0.479 e. The Hall–Kier alpha value is -2.24. The summed E-state index contributed by atoms with van der Waals surface area (Å²) >= 11 is 0. The number of carboxylic acid groups (broad SMARTS) is 1. The molecule has 7 aliphatic heterocycles. The van der Waals surface area contributed by atoms with E-state index in [9.17, 15) is 30.0 Å². The Bertz CT molecular complexity index is 1840. The summed E-state index contributed by atoms with van der Waals surface area (Å²) in [6.07, 6.45) is 24.1. The smallest absolute Gasteiger partial charge is 0.335 e. The molecule has 0 aromatic carbocycles. The zero-order valence-corrected chi connectivity index (χ0v) is 45.6. The molecule has 7 heterocycles. The number of hydrogen-bond donors (Lipinski definition) is 4. The number of rotatable bonds is 24. The molecule has 0 aromatic heterocycles. The molecule has 0 aliphatic carbocycles. The van der Waals surface area contributed by atoms with Crippen LogP contribution in [0.5, 0.6) is 0 Å². The zero-order valence-electron chi connectivity index (χ0n) is 45.6. The predicted octanol–water partition coefficient (Wildman–Crippen LogP) is 10.9. The van der Waals surface area contributed by atoms with Gasteiger partial charge < -0.3 is 58.3 Å². The van der Waals surface area contributed by atoms with Gasteiger partial charge in [-0.15, -0.1) is 0 Å². The third kappa shape index (κ3) is 15.3. The SMILES string of the molecule is C=C1[C@@H](O)[C@@H]2O[C@]3(CC[C@H](C=C[C@@H](C)[C@@H]4CC(C)=C[C@@]5(O[C@H](C[C@@](C)(O)C(=O)O)CC[C@H]5OC(=O)CCCCCCCCCCCCCC)O4)O3)CC[C@H]2O[C@@H]1[C@@H](O)C[C@H](C)[C@H]1O[C@@]2(CCCCO2)CC[C@H]1C. The molecular weight excluding hydrogens is 933 g/mol. The number of carboxylic acids is 1. The second-order valence-corrected chi connectivity index (χ2v) is 24.0. The molecule has 7 aliphatic rings. The van der Waals surface area contributed by atoms with Crippen LogP contribution in [-0.2, 0) is 47.5 Å². The van der Waals surface area contributed by atoms with Gasteiger partial charge in [0, 0.05) is 44.4 Å². The highest BCUT2D eigenvalue weighted by atomic mass is 16.7. The summed E-state index contributed by atoms with van der Waals surface area (Å²) in [4.78, 5) is 25.4.